The molecule has 0 aliphatic heterocycles. The quantitative estimate of drug-likeness (QED) is 0.155. The van der Waals surface area contributed by atoms with Crippen molar-refractivity contribution in [3.8, 4) is 11.5 Å². The van der Waals surface area contributed by atoms with Crippen LogP contribution in [0.4, 0.5) is 0 Å². The van der Waals surface area contributed by atoms with Crippen LogP contribution in [0.2, 0.25) is 0 Å². The van der Waals surface area contributed by atoms with Crippen LogP contribution in [0.1, 0.15) is 21.5 Å². The molecule has 2 amide bonds. The van der Waals surface area contributed by atoms with Crippen molar-refractivity contribution in [2.75, 3.05) is 42.4 Å². The van der Waals surface area contributed by atoms with Crippen LogP contribution in [0.3, 0.4) is 0 Å². The number of ether oxygens (including phenoxy) is 2. The molecule has 3 aromatic rings. The fourth-order valence-corrected chi connectivity index (χ4v) is 6.32. The molecule has 0 aromatic heterocycles. The third-order valence-corrected chi connectivity index (χ3v) is 9.21. The second-order valence-electron chi connectivity index (χ2n) is 8.98. The van der Waals surface area contributed by atoms with E-state index in [4.69, 9.17) is 9.47 Å². The third kappa shape index (κ3) is 7.04. The Morgan fingerprint density at radius 2 is 1.30 bits per heavy atom. The summed E-state index contributed by atoms with van der Waals surface area (Å²) in [6.07, 6.45) is 1.46. The second kappa shape index (κ2) is 13.7. The largest absolute Gasteiger partial charge is 0.497 e. The minimum Gasteiger partial charge on any atom is -0.497 e. The standard InChI is InChI=1S/C29H34N5O5P/c1-33(2)40(37,34(3)4)27(22-14-18-25(39-6)19-15-22)26(31-28(35)23-10-8-7-9-11-23)29(36)32-30-20-21-12-16-24(38-5)17-13-21/h7-20H,1-6H3,(H,31,35)(H,32,36)/b27-26+,30-20+. The van der Waals surface area contributed by atoms with E-state index in [9.17, 15) is 14.2 Å². The topological polar surface area (TPSA) is 113 Å². The summed E-state index contributed by atoms with van der Waals surface area (Å²) in [7, 11) is 6.11. The third-order valence-electron chi connectivity index (χ3n) is 5.97. The summed E-state index contributed by atoms with van der Waals surface area (Å²) < 4.78 is 28.2. The lowest BCUT2D eigenvalue weighted by Crippen LogP contribution is -2.35. The van der Waals surface area contributed by atoms with Gasteiger partial charge in [-0.15, -0.1) is 0 Å². The van der Waals surface area contributed by atoms with Gasteiger partial charge in [0, 0.05) is 5.56 Å². The Balaban J connectivity index is 2.17. The van der Waals surface area contributed by atoms with Crippen LogP contribution >= 0.6 is 7.44 Å². The molecule has 0 aliphatic carbocycles. The second-order valence-corrected chi connectivity index (χ2v) is 12.1. The monoisotopic (exact) mass is 563 g/mol. The molecule has 210 valence electrons. The fraction of sp³-hybridized carbons (Fsp3) is 0.207. The van der Waals surface area contributed by atoms with Gasteiger partial charge in [0.15, 0.2) is 0 Å². The lowest BCUT2D eigenvalue weighted by Gasteiger charge is -2.34. The summed E-state index contributed by atoms with van der Waals surface area (Å²) in [5.74, 6) is -0.0258. The lowest BCUT2D eigenvalue weighted by molar-refractivity contribution is -0.117. The van der Waals surface area contributed by atoms with Crippen LogP contribution in [0.5, 0.6) is 11.5 Å². The van der Waals surface area contributed by atoms with Gasteiger partial charge in [0.2, 0.25) is 7.44 Å². The predicted octanol–water partition coefficient (Wildman–Crippen LogP) is 4.27. The highest BCUT2D eigenvalue weighted by molar-refractivity contribution is 7.69. The lowest BCUT2D eigenvalue weighted by atomic mass is 10.1. The van der Waals surface area contributed by atoms with E-state index in [0.717, 1.165) is 0 Å². The summed E-state index contributed by atoms with van der Waals surface area (Å²) in [4.78, 5) is 27.0. The van der Waals surface area contributed by atoms with Crippen molar-refractivity contribution in [3.63, 3.8) is 0 Å². The molecule has 40 heavy (non-hydrogen) atoms. The van der Waals surface area contributed by atoms with Gasteiger partial charge in [-0.3, -0.25) is 14.2 Å². The molecule has 0 bridgehead atoms. The van der Waals surface area contributed by atoms with Gasteiger partial charge in [0.1, 0.15) is 17.2 Å². The Kier molecular flexibility index (Phi) is 10.4. The average Bonchev–Trinajstić information content (AvgIpc) is 2.97. The molecule has 0 radical (unpaired) electrons. The number of methoxy groups -OCH3 is 2. The van der Waals surface area contributed by atoms with Gasteiger partial charge in [0.25, 0.3) is 11.8 Å². The Hall–Kier alpha value is -4.24. The van der Waals surface area contributed by atoms with Gasteiger partial charge < -0.3 is 14.8 Å². The molecular formula is C29H34N5O5P. The van der Waals surface area contributed by atoms with E-state index >= 15 is 0 Å². The van der Waals surface area contributed by atoms with Crippen LogP contribution in [-0.4, -0.2) is 69.8 Å². The zero-order valence-electron chi connectivity index (χ0n) is 23.4. The number of hydrazone groups is 1. The van der Waals surface area contributed by atoms with E-state index in [-0.39, 0.29) is 11.0 Å². The Labute approximate surface area is 234 Å². The van der Waals surface area contributed by atoms with E-state index < -0.39 is 19.3 Å². The van der Waals surface area contributed by atoms with Gasteiger partial charge in [-0.05, 0) is 87.8 Å². The smallest absolute Gasteiger partial charge is 0.288 e. The first-order chi connectivity index (χ1) is 19.1. The SMILES string of the molecule is COc1ccc(/C=N/NC(=O)/C(NC(=O)c2ccccc2)=C(/c2ccc(OC)cc2)P(=O)(N(C)C)N(C)C)cc1. The Morgan fingerprint density at radius 1 is 0.775 bits per heavy atom. The molecular weight excluding hydrogens is 529 g/mol. The summed E-state index contributed by atoms with van der Waals surface area (Å²) >= 11 is 0. The number of carbonyl (C=O) groups excluding carboxylic acids is 2. The number of rotatable bonds is 11. The molecule has 0 saturated carbocycles. The molecule has 3 rings (SSSR count). The highest BCUT2D eigenvalue weighted by Crippen LogP contribution is 2.62. The van der Waals surface area contributed by atoms with Gasteiger partial charge in [-0.1, -0.05) is 30.3 Å². The number of hydrogen-bond donors (Lipinski definition) is 2. The van der Waals surface area contributed by atoms with E-state index in [2.05, 4.69) is 15.8 Å². The zero-order chi connectivity index (χ0) is 29.3. The summed E-state index contributed by atoms with van der Waals surface area (Å²) in [6.45, 7) is 0. The van der Waals surface area contributed by atoms with Crippen molar-refractivity contribution < 1.29 is 23.6 Å². The summed E-state index contributed by atoms with van der Waals surface area (Å²) in [5, 5.41) is 6.94. The van der Waals surface area contributed by atoms with E-state index in [1.54, 1.807) is 114 Å². The van der Waals surface area contributed by atoms with E-state index in [1.165, 1.54) is 22.7 Å². The van der Waals surface area contributed by atoms with Crippen molar-refractivity contribution in [2.45, 2.75) is 0 Å². The van der Waals surface area contributed by atoms with Gasteiger partial charge in [0.05, 0.1) is 25.7 Å². The van der Waals surface area contributed by atoms with Crippen molar-refractivity contribution >= 4 is 30.8 Å². The highest BCUT2D eigenvalue weighted by Gasteiger charge is 2.39. The van der Waals surface area contributed by atoms with Crippen molar-refractivity contribution in [3.05, 3.63) is 101 Å². The maximum absolute atomic E-state index is 14.7. The zero-order valence-corrected chi connectivity index (χ0v) is 24.3. The fourth-order valence-electron chi connectivity index (χ4n) is 3.87. The average molecular weight is 564 g/mol. The van der Waals surface area contributed by atoms with Gasteiger partial charge in [-0.2, -0.15) is 5.10 Å². The summed E-state index contributed by atoms with van der Waals surface area (Å²) in [5.41, 5.74) is 3.79. The molecule has 0 atom stereocenters. The minimum absolute atomic E-state index is 0.131. The molecule has 3 aromatic carbocycles. The van der Waals surface area contributed by atoms with Crippen LogP contribution in [0.15, 0.2) is 89.7 Å². The summed E-state index contributed by atoms with van der Waals surface area (Å²) in [6, 6.07) is 22.3. The van der Waals surface area contributed by atoms with Crippen LogP contribution < -0.4 is 20.2 Å². The Morgan fingerprint density at radius 3 is 1.80 bits per heavy atom. The van der Waals surface area contributed by atoms with Crippen LogP contribution in [0, 0.1) is 0 Å². The van der Waals surface area contributed by atoms with Crippen molar-refractivity contribution in [1.29, 1.82) is 0 Å². The number of hydrogen-bond acceptors (Lipinski definition) is 6. The molecule has 10 nitrogen and oxygen atoms in total. The maximum Gasteiger partial charge on any atom is 0.288 e. The van der Waals surface area contributed by atoms with E-state index in [1.807, 2.05) is 0 Å². The molecule has 11 heteroatoms. The molecule has 0 unspecified atom stereocenters. The first-order valence-electron chi connectivity index (χ1n) is 12.3. The van der Waals surface area contributed by atoms with Crippen molar-refractivity contribution in [2.24, 2.45) is 5.10 Å². The molecule has 0 saturated heterocycles. The molecule has 0 spiro atoms. The first kappa shape index (κ1) is 30.3. The molecule has 0 heterocycles. The number of carbonyl (C=O) groups is 2. The minimum atomic E-state index is -3.61. The number of amides is 2. The predicted molar refractivity (Wildman–Crippen MR) is 158 cm³/mol. The maximum atomic E-state index is 14.7. The molecule has 0 fully saturated rings. The van der Waals surface area contributed by atoms with Crippen LogP contribution in [-0.2, 0) is 9.36 Å². The Bertz CT molecular complexity index is 1410. The number of nitrogens with one attached hydrogen (secondary N) is 2. The normalized spacial score (nSPS) is 12.3. The van der Waals surface area contributed by atoms with Crippen LogP contribution in [0.25, 0.3) is 5.31 Å². The molecule has 2 N–H and O–H groups in total. The number of benzene rings is 3. The van der Waals surface area contributed by atoms with Gasteiger partial charge in [-0.25, -0.2) is 14.8 Å². The van der Waals surface area contributed by atoms with Gasteiger partial charge >= 0.3 is 0 Å². The van der Waals surface area contributed by atoms with Crippen molar-refractivity contribution in [1.82, 2.24) is 20.1 Å². The number of nitrogens with zero attached hydrogens (tertiary/aromatic N) is 3. The van der Waals surface area contributed by atoms with E-state index in [0.29, 0.717) is 28.2 Å². The first-order valence-corrected chi connectivity index (χ1v) is 13.9. The highest BCUT2D eigenvalue weighted by atomic mass is 31.2. The molecule has 0 aliphatic rings.